The summed E-state index contributed by atoms with van der Waals surface area (Å²) in [5.41, 5.74) is 5.15. The third-order valence-electron chi connectivity index (χ3n) is 3.96. The van der Waals surface area contributed by atoms with Crippen molar-refractivity contribution < 1.29 is 9.52 Å². The van der Waals surface area contributed by atoms with E-state index in [1.165, 1.54) is 11.1 Å². The summed E-state index contributed by atoms with van der Waals surface area (Å²) in [6, 6.07) is 11.9. The van der Waals surface area contributed by atoms with Crippen molar-refractivity contribution in [3.63, 3.8) is 0 Å². The predicted molar refractivity (Wildman–Crippen MR) is 88.6 cm³/mol. The van der Waals surface area contributed by atoms with Crippen LogP contribution in [0.1, 0.15) is 34.1 Å². The van der Waals surface area contributed by atoms with E-state index >= 15 is 0 Å². The Labute approximate surface area is 132 Å². The molecule has 3 rings (SSSR count). The van der Waals surface area contributed by atoms with Crippen LogP contribution in [0, 0.1) is 20.8 Å². The van der Waals surface area contributed by atoms with E-state index in [0.717, 1.165) is 26.6 Å². The van der Waals surface area contributed by atoms with Crippen LogP contribution in [0.4, 0.5) is 0 Å². The van der Waals surface area contributed by atoms with Crippen LogP contribution in [-0.4, -0.2) is 5.11 Å². The molecule has 0 fully saturated rings. The molecule has 3 aromatic rings. The average molecular weight is 345 g/mol. The summed E-state index contributed by atoms with van der Waals surface area (Å²) >= 11 is 3.48. The molecule has 1 N–H and O–H groups in total. The fourth-order valence-corrected chi connectivity index (χ4v) is 3.08. The van der Waals surface area contributed by atoms with Crippen molar-refractivity contribution in [2.75, 3.05) is 0 Å². The number of aryl methyl sites for hydroxylation is 3. The monoisotopic (exact) mass is 344 g/mol. The normalized spacial score (nSPS) is 12.8. The summed E-state index contributed by atoms with van der Waals surface area (Å²) in [5.74, 6) is 0.572. The van der Waals surface area contributed by atoms with Crippen molar-refractivity contribution in [1.82, 2.24) is 0 Å². The fraction of sp³-hybridized carbons (Fsp3) is 0.222. The molecule has 1 atom stereocenters. The van der Waals surface area contributed by atoms with Gasteiger partial charge in [0, 0.05) is 5.39 Å². The van der Waals surface area contributed by atoms with Gasteiger partial charge in [-0.1, -0.05) is 24.3 Å². The maximum absolute atomic E-state index is 10.7. The number of hydrogen-bond donors (Lipinski definition) is 1. The molecule has 0 aliphatic rings. The molecule has 108 valence electrons. The maximum atomic E-state index is 10.7. The van der Waals surface area contributed by atoms with Crippen molar-refractivity contribution in [2.45, 2.75) is 26.9 Å². The number of furan rings is 1. The summed E-state index contributed by atoms with van der Waals surface area (Å²) in [6.45, 7) is 6.15. The van der Waals surface area contributed by atoms with Gasteiger partial charge in [-0.05, 0) is 71.1 Å². The Morgan fingerprint density at radius 1 is 1.00 bits per heavy atom. The number of aliphatic hydroxyl groups is 1. The third-order valence-corrected chi connectivity index (χ3v) is 4.59. The van der Waals surface area contributed by atoms with Crippen molar-refractivity contribution in [3.05, 3.63) is 68.9 Å². The Morgan fingerprint density at radius 2 is 1.71 bits per heavy atom. The van der Waals surface area contributed by atoms with E-state index in [0.29, 0.717) is 5.76 Å². The quantitative estimate of drug-likeness (QED) is 0.692. The van der Waals surface area contributed by atoms with Gasteiger partial charge in [-0.25, -0.2) is 0 Å². The molecule has 21 heavy (non-hydrogen) atoms. The molecule has 1 heterocycles. The lowest BCUT2D eigenvalue weighted by atomic mass is 9.96. The van der Waals surface area contributed by atoms with Crippen LogP contribution in [0.25, 0.3) is 11.0 Å². The molecule has 3 heteroatoms. The molecular weight excluding hydrogens is 328 g/mol. The SMILES string of the molecule is Cc1cc(C)c(C(O)c2cc3cccc(Br)c3o2)cc1C. The molecule has 0 radical (unpaired) electrons. The smallest absolute Gasteiger partial charge is 0.148 e. The van der Waals surface area contributed by atoms with Crippen LogP contribution in [0.5, 0.6) is 0 Å². The van der Waals surface area contributed by atoms with Gasteiger partial charge in [-0.3, -0.25) is 0 Å². The van der Waals surface area contributed by atoms with E-state index in [4.69, 9.17) is 4.42 Å². The summed E-state index contributed by atoms with van der Waals surface area (Å²) in [6.07, 6.45) is -0.747. The van der Waals surface area contributed by atoms with Crippen LogP contribution in [0.3, 0.4) is 0 Å². The highest BCUT2D eigenvalue weighted by molar-refractivity contribution is 9.10. The first-order valence-electron chi connectivity index (χ1n) is 6.91. The summed E-state index contributed by atoms with van der Waals surface area (Å²) in [4.78, 5) is 0. The van der Waals surface area contributed by atoms with Crippen molar-refractivity contribution >= 4 is 26.9 Å². The second kappa shape index (κ2) is 5.32. The zero-order chi connectivity index (χ0) is 15.1. The van der Waals surface area contributed by atoms with Gasteiger partial charge in [-0.15, -0.1) is 0 Å². The number of para-hydroxylation sites is 1. The van der Waals surface area contributed by atoms with Crippen molar-refractivity contribution in [2.24, 2.45) is 0 Å². The largest absolute Gasteiger partial charge is 0.457 e. The topological polar surface area (TPSA) is 33.4 Å². The molecule has 1 unspecified atom stereocenters. The molecule has 0 saturated heterocycles. The Balaban J connectivity index is 2.10. The molecule has 0 aliphatic heterocycles. The zero-order valence-electron chi connectivity index (χ0n) is 12.3. The molecule has 0 amide bonds. The molecular formula is C18H17BrO2. The van der Waals surface area contributed by atoms with E-state index in [2.05, 4.69) is 35.8 Å². The maximum Gasteiger partial charge on any atom is 0.148 e. The number of fused-ring (bicyclic) bond motifs is 1. The lowest BCUT2D eigenvalue weighted by Crippen LogP contribution is -2.02. The Hall–Kier alpha value is -1.58. The van der Waals surface area contributed by atoms with E-state index in [-0.39, 0.29) is 0 Å². The summed E-state index contributed by atoms with van der Waals surface area (Å²) in [7, 11) is 0. The average Bonchev–Trinajstić information content (AvgIpc) is 2.87. The van der Waals surface area contributed by atoms with Crippen LogP contribution in [0.2, 0.25) is 0 Å². The lowest BCUT2D eigenvalue weighted by Gasteiger charge is -2.14. The van der Waals surface area contributed by atoms with E-state index < -0.39 is 6.10 Å². The van der Waals surface area contributed by atoms with Gasteiger partial charge in [0.1, 0.15) is 17.4 Å². The van der Waals surface area contributed by atoms with Gasteiger partial charge < -0.3 is 9.52 Å². The summed E-state index contributed by atoms with van der Waals surface area (Å²) in [5, 5.41) is 11.7. The van der Waals surface area contributed by atoms with Gasteiger partial charge in [0.2, 0.25) is 0 Å². The Morgan fingerprint density at radius 3 is 2.43 bits per heavy atom. The van der Waals surface area contributed by atoms with Gasteiger partial charge in [-0.2, -0.15) is 0 Å². The first-order chi connectivity index (χ1) is 9.97. The predicted octanol–water partition coefficient (Wildman–Crippen LogP) is 5.20. The van der Waals surface area contributed by atoms with E-state index in [1.54, 1.807) is 0 Å². The third kappa shape index (κ3) is 2.52. The molecule has 0 aliphatic carbocycles. The van der Waals surface area contributed by atoms with Gasteiger partial charge in [0.25, 0.3) is 0 Å². The molecule has 2 aromatic carbocycles. The fourth-order valence-electron chi connectivity index (χ4n) is 2.61. The first kappa shape index (κ1) is 14.4. The van der Waals surface area contributed by atoms with Crippen LogP contribution in [-0.2, 0) is 0 Å². The molecule has 0 bridgehead atoms. The highest BCUT2D eigenvalue weighted by Crippen LogP contribution is 2.33. The second-order valence-corrected chi connectivity index (χ2v) is 6.36. The highest BCUT2D eigenvalue weighted by Gasteiger charge is 2.19. The van der Waals surface area contributed by atoms with Crippen LogP contribution < -0.4 is 0 Å². The highest BCUT2D eigenvalue weighted by atomic mass is 79.9. The molecule has 0 spiro atoms. The van der Waals surface area contributed by atoms with Crippen LogP contribution >= 0.6 is 15.9 Å². The minimum atomic E-state index is -0.747. The Bertz CT molecular complexity index is 817. The van der Waals surface area contributed by atoms with Gasteiger partial charge in [0.15, 0.2) is 0 Å². The molecule has 1 aromatic heterocycles. The van der Waals surface area contributed by atoms with E-state index in [1.807, 2.05) is 37.3 Å². The molecule has 0 saturated carbocycles. The first-order valence-corrected chi connectivity index (χ1v) is 7.70. The van der Waals surface area contributed by atoms with Crippen LogP contribution in [0.15, 0.2) is 45.3 Å². The number of aliphatic hydroxyl groups excluding tert-OH is 1. The summed E-state index contributed by atoms with van der Waals surface area (Å²) < 4.78 is 6.74. The number of halogens is 1. The van der Waals surface area contributed by atoms with Gasteiger partial charge in [0.05, 0.1) is 4.47 Å². The van der Waals surface area contributed by atoms with Gasteiger partial charge >= 0.3 is 0 Å². The second-order valence-electron chi connectivity index (χ2n) is 5.50. The number of rotatable bonds is 2. The number of hydrogen-bond acceptors (Lipinski definition) is 2. The van der Waals surface area contributed by atoms with Crippen molar-refractivity contribution in [3.8, 4) is 0 Å². The lowest BCUT2D eigenvalue weighted by molar-refractivity contribution is 0.191. The zero-order valence-corrected chi connectivity index (χ0v) is 13.9. The standard InChI is InChI=1S/C18H17BrO2/c1-10-7-12(3)14(8-11(10)2)17(20)16-9-13-5-4-6-15(19)18(13)21-16/h4-9,17,20H,1-3H3. The molecule has 2 nitrogen and oxygen atoms in total. The van der Waals surface area contributed by atoms with Crippen molar-refractivity contribution in [1.29, 1.82) is 0 Å². The minimum absolute atomic E-state index is 0.572. The van der Waals surface area contributed by atoms with E-state index in [9.17, 15) is 5.11 Å². The number of benzene rings is 2. The minimum Gasteiger partial charge on any atom is -0.457 e. The Kier molecular flexibility index (Phi) is 3.64.